The molecule has 226 valence electrons. The fourth-order valence-corrected chi connectivity index (χ4v) is 8.99. The fourth-order valence-electron chi connectivity index (χ4n) is 7.08. The molecule has 7 aromatic carbocycles. The van der Waals surface area contributed by atoms with Crippen LogP contribution in [-0.4, -0.2) is 9.97 Å². The Kier molecular flexibility index (Phi) is 6.39. The van der Waals surface area contributed by atoms with Gasteiger partial charge in [-0.3, -0.25) is 0 Å². The molecule has 48 heavy (non-hydrogen) atoms. The number of hydrogen-bond acceptors (Lipinski definition) is 4. The van der Waals surface area contributed by atoms with E-state index in [4.69, 9.17) is 9.97 Å². The number of hydrogen-bond donors (Lipinski definition) is 0. The number of benzene rings is 7. The maximum atomic E-state index is 4.91. The molecular formula is C44H28N2S2. The summed E-state index contributed by atoms with van der Waals surface area (Å²) in [6.07, 6.45) is 9.63. The van der Waals surface area contributed by atoms with Gasteiger partial charge in [0.1, 0.15) is 10.0 Å². The van der Waals surface area contributed by atoms with Crippen LogP contribution in [0.1, 0.15) is 22.1 Å². The van der Waals surface area contributed by atoms with E-state index >= 15 is 0 Å². The lowest BCUT2D eigenvalue weighted by Gasteiger charge is -2.18. The molecule has 2 aromatic heterocycles. The van der Waals surface area contributed by atoms with E-state index in [1.165, 1.54) is 85.7 Å². The van der Waals surface area contributed by atoms with E-state index in [2.05, 4.69) is 140 Å². The normalized spacial score (nSPS) is 14.3. The van der Waals surface area contributed by atoms with Crippen LogP contribution in [-0.2, 0) is 6.42 Å². The Labute approximate surface area is 286 Å². The zero-order valence-corrected chi connectivity index (χ0v) is 27.6. The zero-order valence-electron chi connectivity index (χ0n) is 25.9. The molecule has 2 heterocycles. The summed E-state index contributed by atoms with van der Waals surface area (Å²) in [5.41, 5.74) is 6.24. The molecule has 0 N–H and O–H groups in total. The van der Waals surface area contributed by atoms with Crippen LogP contribution in [0, 0.1) is 0 Å². The Balaban J connectivity index is 0.890. The highest BCUT2D eigenvalue weighted by molar-refractivity contribution is 7.18. The van der Waals surface area contributed by atoms with Crippen molar-refractivity contribution in [3.8, 4) is 31.5 Å². The maximum Gasteiger partial charge on any atom is 0.123 e. The van der Waals surface area contributed by atoms with Gasteiger partial charge in [0.15, 0.2) is 0 Å². The molecule has 0 amide bonds. The minimum absolute atomic E-state index is 0.281. The van der Waals surface area contributed by atoms with Gasteiger partial charge in [0.25, 0.3) is 0 Å². The highest BCUT2D eigenvalue weighted by Gasteiger charge is 2.20. The summed E-state index contributed by atoms with van der Waals surface area (Å²) in [6.45, 7) is 0. The maximum absolute atomic E-state index is 4.91. The van der Waals surface area contributed by atoms with Gasteiger partial charge in [-0.2, -0.15) is 0 Å². The minimum atomic E-state index is 0.281. The summed E-state index contributed by atoms with van der Waals surface area (Å²) in [4.78, 5) is 12.2. The van der Waals surface area contributed by atoms with Gasteiger partial charge in [0.2, 0.25) is 0 Å². The van der Waals surface area contributed by atoms with Crippen molar-refractivity contribution in [2.24, 2.45) is 0 Å². The van der Waals surface area contributed by atoms with Crippen molar-refractivity contribution >= 4 is 71.8 Å². The molecule has 1 atom stereocenters. The Morgan fingerprint density at radius 3 is 1.67 bits per heavy atom. The summed E-state index contributed by atoms with van der Waals surface area (Å²) >= 11 is 3.57. The van der Waals surface area contributed by atoms with Crippen LogP contribution < -0.4 is 0 Å². The molecule has 10 rings (SSSR count). The molecule has 0 radical (unpaired) electrons. The van der Waals surface area contributed by atoms with Crippen LogP contribution in [0.3, 0.4) is 0 Å². The molecule has 0 saturated heterocycles. The van der Waals surface area contributed by atoms with Crippen molar-refractivity contribution in [1.82, 2.24) is 9.97 Å². The Morgan fingerprint density at radius 2 is 1.02 bits per heavy atom. The average Bonchev–Trinajstić information content (AvgIpc) is 3.84. The van der Waals surface area contributed by atoms with Crippen LogP contribution in [0.15, 0.2) is 146 Å². The number of aromatic nitrogens is 2. The summed E-state index contributed by atoms with van der Waals surface area (Å²) in [6, 6.07) is 46.6. The van der Waals surface area contributed by atoms with E-state index in [-0.39, 0.29) is 5.92 Å². The highest BCUT2D eigenvalue weighted by atomic mass is 32.1. The number of thiazole rings is 2. The van der Waals surface area contributed by atoms with Gasteiger partial charge in [0, 0.05) is 23.9 Å². The van der Waals surface area contributed by atoms with Crippen LogP contribution >= 0.6 is 22.7 Å². The van der Waals surface area contributed by atoms with Gasteiger partial charge in [0.05, 0.1) is 9.75 Å². The third kappa shape index (κ3) is 4.84. The third-order valence-electron chi connectivity index (χ3n) is 9.67. The van der Waals surface area contributed by atoms with E-state index in [1.54, 1.807) is 11.3 Å². The smallest absolute Gasteiger partial charge is 0.123 e. The van der Waals surface area contributed by atoms with E-state index in [9.17, 15) is 0 Å². The molecule has 1 unspecified atom stereocenters. The van der Waals surface area contributed by atoms with Crippen LogP contribution in [0.25, 0.3) is 80.6 Å². The number of nitrogens with zero attached hydrogens (tertiary/aromatic N) is 2. The molecule has 0 bridgehead atoms. The summed E-state index contributed by atoms with van der Waals surface area (Å²) < 4.78 is 0. The first-order chi connectivity index (χ1) is 23.7. The Bertz CT molecular complexity index is 2730. The second kappa shape index (κ2) is 11.1. The van der Waals surface area contributed by atoms with E-state index in [1.807, 2.05) is 23.7 Å². The predicted molar refractivity (Wildman–Crippen MR) is 206 cm³/mol. The lowest BCUT2D eigenvalue weighted by atomic mass is 9.89. The monoisotopic (exact) mass is 648 g/mol. The van der Waals surface area contributed by atoms with Gasteiger partial charge in [-0.25, -0.2) is 9.97 Å². The standard InChI is InChI=1S/C44H28N2S2/c1-3-7-29-21-39-23-35(13-9-33(39)17-27(29)5-1)41-25-45-43(47-41)37-15-11-32-20-38(16-12-31(32)19-37)44-46-26-42(48-44)36-14-10-34-18-28-6-2-4-8-30(28)22-40(34)24-36/h1-19,21-26,38H,20H2. The summed E-state index contributed by atoms with van der Waals surface area (Å²) in [7, 11) is 0. The highest BCUT2D eigenvalue weighted by Crippen LogP contribution is 2.39. The Hall–Kier alpha value is -5.42. The van der Waals surface area contributed by atoms with E-state index < -0.39 is 0 Å². The van der Waals surface area contributed by atoms with Gasteiger partial charge in [-0.1, -0.05) is 97.1 Å². The minimum Gasteiger partial charge on any atom is -0.248 e. The Morgan fingerprint density at radius 1 is 0.479 bits per heavy atom. The molecule has 4 heteroatoms. The average molecular weight is 649 g/mol. The summed E-state index contributed by atoms with van der Waals surface area (Å²) in [5.74, 6) is 0.281. The van der Waals surface area contributed by atoms with Crippen molar-refractivity contribution in [3.63, 3.8) is 0 Å². The molecule has 2 nitrogen and oxygen atoms in total. The van der Waals surface area contributed by atoms with Crippen molar-refractivity contribution < 1.29 is 0 Å². The molecule has 0 aliphatic heterocycles. The number of rotatable bonds is 4. The number of fused-ring (bicyclic) bond motifs is 5. The van der Waals surface area contributed by atoms with Gasteiger partial charge in [-0.15, -0.1) is 22.7 Å². The first-order valence-corrected chi connectivity index (χ1v) is 17.9. The first kappa shape index (κ1) is 27.7. The van der Waals surface area contributed by atoms with Gasteiger partial charge < -0.3 is 0 Å². The van der Waals surface area contributed by atoms with E-state index in [0.29, 0.717) is 0 Å². The number of allylic oxidation sites excluding steroid dienone is 1. The van der Waals surface area contributed by atoms with E-state index in [0.717, 1.165) is 11.4 Å². The molecule has 0 saturated carbocycles. The zero-order chi connectivity index (χ0) is 31.6. The fraction of sp³-hybridized carbons (Fsp3) is 0.0455. The molecular weight excluding hydrogens is 621 g/mol. The quantitative estimate of drug-likeness (QED) is 0.178. The second-order valence-electron chi connectivity index (χ2n) is 12.7. The lowest BCUT2D eigenvalue weighted by molar-refractivity contribution is 0.817. The van der Waals surface area contributed by atoms with Gasteiger partial charge >= 0.3 is 0 Å². The molecule has 0 fully saturated rings. The van der Waals surface area contributed by atoms with Crippen LogP contribution in [0.2, 0.25) is 0 Å². The SMILES string of the molecule is C1=CC(c2ncc(-c3ccc4cc5ccccc5cc4c3)s2)Cc2ccc(-c3ncc(-c4ccc5cc6ccccc6cc5c4)s3)cc21. The predicted octanol–water partition coefficient (Wildman–Crippen LogP) is 12.6. The topological polar surface area (TPSA) is 25.8 Å². The third-order valence-corrected chi connectivity index (χ3v) is 11.9. The van der Waals surface area contributed by atoms with Gasteiger partial charge in [-0.05, 0) is 114 Å². The summed E-state index contributed by atoms with van der Waals surface area (Å²) in [5, 5.41) is 12.4. The lowest BCUT2D eigenvalue weighted by Crippen LogP contribution is -2.05. The van der Waals surface area contributed by atoms with Crippen molar-refractivity contribution in [1.29, 1.82) is 0 Å². The van der Waals surface area contributed by atoms with Crippen molar-refractivity contribution in [2.45, 2.75) is 12.3 Å². The molecule has 1 aliphatic rings. The largest absolute Gasteiger partial charge is 0.248 e. The van der Waals surface area contributed by atoms with Crippen LogP contribution in [0.5, 0.6) is 0 Å². The molecule has 9 aromatic rings. The van der Waals surface area contributed by atoms with Crippen LogP contribution in [0.4, 0.5) is 0 Å². The molecule has 0 spiro atoms. The molecule has 1 aliphatic carbocycles. The second-order valence-corrected chi connectivity index (χ2v) is 14.8. The van der Waals surface area contributed by atoms with Crippen molar-refractivity contribution in [2.75, 3.05) is 0 Å². The van der Waals surface area contributed by atoms with Crippen molar-refractivity contribution in [3.05, 3.63) is 162 Å². The first-order valence-electron chi connectivity index (χ1n) is 16.3.